The molecule has 0 spiro atoms. The van der Waals surface area contributed by atoms with Gasteiger partial charge < -0.3 is 10.6 Å². The first-order valence-electron chi connectivity index (χ1n) is 4.40. The summed E-state index contributed by atoms with van der Waals surface area (Å²) in [6.45, 7) is 5.77. The van der Waals surface area contributed by atoms with Crippen LogP contribution in [0.15, 0.2) is 29.5 Å². The smallest absolute Gasteiger partial charge is 0.245 e. The van der Waals surface area contributed by atoms with Crippen LogP contribution in [-0.2, 0) is 4.79 Å². The van der Waals surface area contributed by atoms with Crippen molar-refractivity contribution in [3.8, 4) is 0 Å². The first-order valence-corrected chi connectivity index (χ1v) is 4.40. The third-order valence-corrected chi connectivity index (χ3v) is 1.74. The van der Waals surface area contributed by atoms with Gasteiger partial charge in [-0.1, -0.05) is 13.5 Å². The van der Waals surface area contributed by atoms with E-state index in [1.807, 2.05) is 14.0 Å². The highest BCUT2D eigenvalue weighted by Crippen LogP contribution is 1.99. The van der Waals surface area contributed by atoms with Gasteiger partial charge in [0.25, 0.3) is 0 Å². The summed E-state index contributed by atoms with van der Waals surface area (Å²) in [4.78, 5) is 14.7. The topological polar surface area (TPSA) is 53.5 Å². The van der Waals surface area contributed by atoms with E-state index >= 15 is 0 Å². The second-order valence-corrected chi connectivity index (χ2v) is 2.79. The van der Waals surface area contributed by atoms with E-state index in [0.29, 0.717) is 0 Å². The summed E-state index contributed by atoms with van der Waals surface area (Å²) in [5.74, 6) is -0.0171. The number of nitrogens with one attached hydrogen (secondary N) is 2. The van der Waals surface area contributed by atoms with Gasteiger partial charge in [-0.3, -0.25) is 9.79 Å². The summed E-state index contributed by atoms with van der Waals surface area (Å²) in [6, 6.07) is 0. The van der Waals surface area contributed by atoms with Crippen LogP contribution in [-0.4, -0.2) is 26.2 Å². The molecular formula is C10H17N3O. The van der Waals surface area contributed by atoms with E-state index in [1.54, 1.807) is 13.3 Å². The number of nitrogens with zero attached hydrogens (tertiary/aromatic N) is 1. The Kier molecular flexibility index (Phi) is 6.11. The number of hydrogen-bond donors (Lipinski definition) is 2. The van der Waals surface area contributed by atoms with Crippen molar-refractivity contribution >= 4 is 12.1 Å². The molecule has 0 saturated heterocycles. The molecule has 0 saturated carbocycles. The Morgan fingerprint density at radius 3 is 2.57 bits per heavy atom. The molecule has 0 aliphatic rings. The van der Waals surface area contributed by atoms with Crippen LogP contribution >= 0.6 is 0 Å². The van der Waals surface area contributed by atoms with Gasteiger partial charge in [0, 0.05) is 44.2 Å². The molecule has 0 rings (SSSR count). The number of aliphatic imine (C=N–C) groups is 1. The lowest BCUT2D eigenvalue weighted by Gasteiger charge is -2.07. The van der Waals surface area contributed by atoms with Crippen molar-refractivity contribution in [3.63, 3.8) is 0 Å². The Bertz CT molecular complexity index is 256. The van der Waals surface area contributed by atoms with Gasteiger partial charge >= 0.3 is 0 Å². The van der Waals surface area contributed by atoms with Crippen LogP contribution in [0.4, 0.5) is 0 Å². The van der Waals surface area contributed by atoms with Gasteiger partial charge in [0.2, 0.25) is 5.91 Å². The number of carbonyl (C=O) groups excluding carboxylic acids is 1. The van der Waals surface area contributed by atoms with E-state index in [0.717, 1.165) is 5.70 Å². The van der Waals surface area contributed by atoms with Crippen molar-refractivity contribution in [2.75, 3.05) is 14.1 Å². The van der Waals surface area contributed by atoms with Gasteiger partial charge in [-0.15, -0.1) is 0 Å². The van der Waals surface area contributed by atoms with Crippen LogP contribution < -0.4 is 10.6 Å². The van der Waals surface area contributed by atoms with Crippen LogP contribution in [0.5, 0.6) is 0 Å². The lowest BCUT2D eigenvalue weighted by atomic mass is 10.1. The molecule has 0 unspecified atom stereocenters. The molecule has 14 heavy (non-hydrogen) atoms. The highest BCUT2D eigenvalue weighted by molar-refractivity contribution is 5.87. The van der Waals surface area contributed by atoms with Gasteiger partial charge in [-0.05, 0) is 0 Å². The van der Waals surface area contributed by atoms with Gasteiger partial charge in [-0.25, -0.2) is 0 Å². The molecule has 0 aromatic heterocycles. The van der Waals surface area contributed by atoms with Gasteiger partial charge in [0.15, 0.2) is 0 Å². The van der Waals surface area contributed by atoms with Gasteiger partial charge in [0.1, 0.15) is 0 Å². The number of likely N-dealkylation sites (N-methyl/N-ethyl adjacent to an activating group) is 1. The van der Waals surface area contributed by atoms with E-state index in [4.69, 9.17) is 0 Å². The second kappa shape index (κ2) is 6.88. The van der Waals surface area contributed by atoms with E-state index in [-0.39, 0.29) is 11.8 Å². The average molecular weight is 195 g/mol. The van der Waals surface area contributed by atoms with Crippen LogP contribution in [0, 0.1) is 5.92 Å². The molecule has 0 aliphatic carbocycles. The maximum Gasteiger partial charge on any atom is 0.245 e. The van der Waals surface area contributed by atoms with Crippen molar-refractivity contribution in [2.24, 2.45) is 10.9 Å². The molecule has 4 nitrogen and oxygen atoms in total. The van der Waals surface area contributed by atoms with E-state index in [1.165, 1.54) is 12.3 Å². The molecular weight excluding hydrogens is 178 g/mol. The fourth-order valence-corrected chi connectivity index (χ4v) is 0.690. The lowest BCUT2D eigenvalue weighted by molar-refractivity contribution is -0.116. The molecule has 1 amide bonds. The van der Waals surface area contributed by atoms with Crippen LogP contribution in [0.1, 0.15) is 6.92 Å². The molecule has 4 heteroatoms. The standard InChI is InChI=1S/C10H17N3O/c1-8(9(2)11-3)7-13-6-5-10(14)12-4/h5-8,11H,2H2,1,3-4H3,(H,12,14)/b6-5+,13-7?/t8-/m1/s1. The molecule has 0 bridgehead atoms. The van der Waals surface area contributed by atoms with Gasteiger partial charge in [-0.2, -0.15) is 0 Å². The highest BCUT2D eigenvalue weighted by atomic mass is 16.1. The Morgan fingerprint density at radius 2 is 2.07 bits per heavy atom. The molecule has 0 aromatic carbocycles. The van der Waals surface area contributed by atoms with Gasteiger partial charge in [0.05, 0.1) is 0 Å². The van der Waals surface area contributed by atoms with Crippen molar-refractivity contribution in [3.05, 3.63) is 24.6 Å². The van der Waals surface area contributed by atoms with Crippen molar-refractivity contribution in [1.29, 1.82) is 0 Å². The number of hydrogen-bond acceptors (Lipinski definition) is 3. The van der Waals surface area contributed by atoms with Crippen molar-refractivity contribution < 1.29 is 4.79 Å². The highest BCUT2D eigenvalue weighted by Gasteiger charge is 1.98. The first-order chi connectivity index (χ1) is 6.61. The van der Waals surface area contributed by atoms with Crippen LogP contribution in [0.25, 0.3) is 0 Å². The lowest BCUT2D eigenvalue weighted by Crippen LogP contribution is -2.14. The van der Waals surface area contributed by atoms with Crippen molar-refractivity contribution in [2.45, 2.75) is 6.92 Å². The van der Waals surface area contributed by atoms with Crippen LogP contribution in [0.2, 0.25) is 0 Å². The van der Waals surface area contributed by atoms with Crippen molar-refractivity contribution in [1.82, 2.24) is 10.6 Å². The molecule has 78 valence electrons. The predicted octanol–water partition coefficient (Wildman–Crippen LogP) is 0.686. The summed E-state index contributed by atoms with van der Waals surface area (Å²) in [6.07, 6.45) is 4.54. The number of carbonyl (C=O) groups is 1. The first kappa shape index (κ1) is 12.4. The molecule has 1 atom stereocenters. The number of rotatable bonds is 5. The summed E-state index contributed by atoms with van der Waals surface area (Å²) < 4.78 is 0. The monoisotopic (exact) mass is 195 g/mol. The maximum absolute atomic E-state index is 10.7. The quantitative estimate of drug-likeness (QED) is 0.501. The largest absolute Gasteiger partial charge is 0.391 e. The molecule has 0 aliphatic heterocycles. The molecule has 2 N–H and O–H groups in total. The zero-order valence-corrected chi connectivity index (χ0v) is 8.87. The third-order valence-electron chi connectivity index (χ3n) is 1.74. The van der Waals surface area contributed by atoms with E-state index < -0.39 is 0 Å². The average Bonchev–Trinajstić information content (AvgIpc) is 2.22. The second-order valence-electron chi connectivity index (χ2n) is 2.79. The van der Waals surface area contributed by atoms with Crippen LogP contribution in [0.3, 0.4) is 0 Å². The summed E-state index contributed by atoms with van der Waals surface area (Å²) in [7, 11) is 3.38. The SMILES string of the molecule is C=C(NC)[C@H](C)C=N/C=C/C(=O)NC. The molecule has 0 heterocycles. The third kappa shape index (κ3) is 5.13. The fourth-order valence-electron chi connectivity index (χ4n) is 0.690. The Hall–Kier alpha value is -1.58. The fraction of sp³-hybridized carbons (Fsp3) is 0.400. The van der Waals surface area contributed by atoms with E-state index in [2.05, 4.69) is 22.2 Å². The zero-order valence-electron chi connectivity index (χ0n) is 8.87. The summed E-state index contributed by atoms with van der Waals surface area (Å²) in [5, 5.41) is 5.39. The predicted molar refractivity (Wildman–Crippen MR) is 59.1 cm³/mol. The maximum atomic E-state index is 10.7. The molecule has 0 aromatic rings. The number of amides is 1. The van der Waals surface area contributed by atoms with E-state index in [9.17, 15) is 4.79 Å². The number of allylic oxidation sites excluding steroid dienone is 1. The Balaban J connectivity index is 4.00. The minimum absolute atomic E-state index is 0.148. The summed E-state index contributed by atoms with van der Waals surface area (Å²) >= 11 is 0. The molecule has 0 fully saturated rings. The normalized spacial score (nSPS) is 13.1. The Labute approximate surface area is 84.8 Å². The molecule has 0 radical (unpaired) electrons. The zero-order chi connectivity index (χ0) is 11.0. The summed E-state index contributed by atoms with van der Waals surface area (Å²) in [5.41, 5.74) is 0.891. The Morgan fingerprint density at radius 1 is 1.43 bits per heavy atom. The minimum atomic E-state index is -0.165. The minimum Gasteiger partial charge on any atom is -0.391 e.